The summed E-state index contributed by atoms with van der Waals surface area (Å²) in [6.07, 6.45) is 0. The van der Waals surface area contributed by atoms with Gasteiger partial charge in [0.15, 0.2) is 0 Å². The average Bonchev–Trinajstić information content (AvgIpc) is 2.44. The molecule has 1 unspecified atom stereocenters. The minimum Gasteiger partial charge on any atom is -0.495 e. The summed E-state index contributed by atoms with van der Waals surface area (Å²) < 4.78 is 31.9. The van der Waals surface area contributed by atoms with E-state index in [1.54, 1.807) is 7.05 Å². The van der Waals surface area contributed by atoms with Gasteiger partial charge in [-0.05, 0) is 25.6 Å². The molecule has 0 aromatic heterocycles. The van der Waals surface area contributed by atoms with E-state index in [2.05, 4.69) is 10.0 Å². The van der Waals surface area contributed by atoms with Crippen molar-refractivity contribution in [3.63, 3.8) is 0 Å². The molecule has 1 atom stereocenters. The summed E-state index contributed by atoms with van der Waals surface area (Å²) in [5.74, 6) is 0.142. The largest absolute Gasteiger partial charge is 0.495 e. The first kappa shape index (κ1) is 17.3. The molecule has 0 amide bonds. The molecule has 1 aromatic carbocycles. The van der Waals surface area contributed by atoms with E-state index in [4.69, 9.17) is 4.74 Å². The molecule has 0 aliphatic rings. The fraction of sp³-hybridized carbons (Fsp3) is 0.500. The molecule has 118 valence electrons. The molecule has 0 radical (unpaired) electrons. The van der Waals surface area contributed by atoms with Crippen molar-refractivity contribution in [2.24, 2.45) is 5.92 Å². The Labute approximate surface area is 123 Å². The lowest BCUT2D eigenvalue weighted by Gasteiger charge is -2.14. The summed E-state index contributed by atoms with van der Waals surface area (Å²) in [7, 11) is -0.798. The van der Waals surface area contributed by atoms with Gasteiger partial charge in [-0.3, -0.25) is 10.1 Å². The Morgan fingerprint density at radius 2 is 2.05 bits per heavy atom. The monoisotopic (exact) mass is 317 g/mol. The minimum atomic E-state index is -3.88. The second-order valence-corrected chi connectivity index (χ2v) is 6.34. The molecule has 9 heteroatoms. The maximum Gasteiger partial charge on any atom is 0.271 e. The Morgan fingerprint density at radius 3 is 2.57 bits per heavy atom. The molecular weight excluding hydrogens is 298 g/mol. The van der Waals surface area contributed by atoms with Crippen LogP contribution in [0.2, 0.25) is 0 Å². The van der Waals surface area contributed by atoms with E-state index < -0.39 is 14.9 Å². The highest BCUT2D eigenvalue weighted by Gasteiger charge is 2.23. The average molecular weight is 317 g/mol. The number of hydrogen-bond donors (Lipinski definition) is 2. The highest BCUT2D eigenvalue weighted by molar-refractivity contribution is 7.89. The first-order valence-corrected chi connectivity index (χ1v) is 7.76. The van der Waals surface area contributed by atoms with Crippen molar-refractivity contribution in [3.8, 4) is 5.75 Å². The van der Waals surface area contributed by atoms with Crippen LogP contribution in [-0.4, -0.2) is 40.6 Å². The van der Waals surface area contributed by atoms with Crippen molar-refractivity contribution in [2.45, 2.75) is 11.8 Å². The van der Waals surface area contributed by atoms with Crippen LogP contribution < -0.4 is 14.8 Å². The number of nitrogens with zero attached hydrogens (tertiary/aromatic N) is 1. The predicted octanol–water partition coefficient (Wildman–Crippen LogP) is 0.737. The van der Waals surface area contributed by atoms with E-state index in [1.807, 2.05) is 6.92 Å². The fourth-order valence-electron chi connectivity index (χ4n) is 1.74. The molecule has 0 bridgehead atoms. The van der Waals surface area contributed by atoms with Crippen LogP contribution in [0.25, 0.3) is 0 Å². The zero-order chi connectivity index (χ0) is 16.0. The van der Waals surface area contributed by atoms with E-state index in [0.717, 1.165) is 6.07 Å². The van der Waals surface area contributed by atoms with Crippen molar-refractivity contribution < 1.29 is 18.1 Å². The van der Waals surface area contributed by atoms with E-state index >= 15 is 0 Å². The number of nitrogens with one attached hydrogen (secondary N) is 2. The lowest BCUT2D eigenvalue weighted by atomic mass is 10.2. The van der Waals surface area contributed by atoms with Gasteiger partial charge >= 0.3 is 0 Å². The van der Waals surface area contributed by atoms with E-state index in [0.29, 0.717) is 6.54 Å². The summed E-state index contributed by atoms with van der Waals surface area (Å²) in [6, 6.07) is 3.45. The van der Waals surface area contributed by atoms with Crippen LogP contribution >= 0.6 is 0 Å². The quantitative estimate of drug-likeness (QED) is 0.540. The zero-order valence-electron chi connectivity index (χ0n) is 12.1. The summed E-state index contributed by atoms with van der Waals surface area (Å²) in [6.45, 7) is 2.74. The number of hydrogen-bond acceptors (Lipinski definition) is 6. The number of nitro groups is 1. The number of sulfonamides is 1. The molecule has 1 aromatic rings. The second-order valence-electron chi connectivity index (χ2n) is 4.61. The highest BCUT2D eigenvalue weighted by Crippen LogP contribution is 2.27. The van der Waals surface area contributed by atoms with Gasteiger partial charge in [0.05, 0.1) is 12.0 Å². The Hall–Kier alpha value is -1.71. The number of ether oxygens (including phenoxy) is 1. The molecule has 1 rings (SSSR count). The van der Waals surface area contributed by atoms with Gasteiger partial charge in [-0.25, -0.2) is 13.1 Å². The molecule has 0 spiro atoms. The summed E-state index contributed by atoms with van der Waals surface area (Å²) >= 11 is 0. The summed E-state index contributed by atoms with van der Waals surface area (Å²) in [4.78, 5) is 9.88. The molecule has 0 saturated carbocycles. The topological polar surface area (TPSA) is 111 Å². The van der Waals surface area contributed by atoms with Gasteiger partial charge in [0.1, 0.15) is 10.6 Å². The number of rotatable bonds is 8. The van der Waals surface area contributed by atoms with Crippen LogP contribution in [0.15, 0.2) is 23.1 Å². The third kappa shape index (κ3) is 4.66. The maximum atomic E-state index is 12.3. The first-order chi connectivity index (χ1) is 9.81. The van der Waals surface area contributed by atoms with Crippen molar-refractivity contribution >= 4 is 15.7 Å². The van der Waals surface area contributed by atoms with Crippen LogP contribution in [0.5, 0.6) is 5.75 Å². The van der Waals surface area contributed by atoms with Crippen molar-refractivity contribution in [1.82, 2.24) is 10.0 Å². The molecular formula is C12H19N3O5S. The van der Waals surface area contributed by atoms with Crippen molar-refractivity contribution in [2.75, 3.05) is 27.2 Å². The van der Waals surface area contributed by atoms with Gasteiger partial charge in [0.2, 0.25) is 10.0 Å². The van der Waals surface area contributed by atoms with Gasteiger partial charge in [-0.1, -0.05) is 6.92 Å². The van der Waals surface area contributed by atoms with Crippen LogP contribution in [0.3, 0.4) is 0 Å². The molecule has 0 fully saturated rings. The third-order valence-corrected chi connectivity index (χ3v) is 4.27. The lowest BCUT2D eigenvalue weighted by Crippen LogP contribution is -2.32. The molecule has 21 heavy (non-hydrogen) atoms. The summed E-state index contributed by atoms with van der Waals surface area (Å²) in [5.41, 5.74) is -0.306. The minimum absolute atomic E-state index is 0.0642. The molecule has 0 heterocycles. The zero-order valence-corrected chi connectivity index (χ0v) is 12.9. The van der Waals surface area contributed by atoms with Crippen LogP contribution in [0.4, 0.5) is 5.69 Å². The van der Waals surface area contributed by atoms with E-state index in [9.17, 15) is 18.5 Å². The summed E-state index contributed by atoms with van der Waals surface area (Å²) in [5, 5.41) is 13.7. The Kier molecular flexibility index (Phi) is 6.06. The lowest BCUT2D eigenvalue weighted by molar-refractivity contribution is -0.385. The Bertz CT molecular complexity index is 603. The fourth-order valence-corrected chi connectivity index (χ4v) is 3.09. The van der Waals surface area contributed by atoms with Gasteiger partial charge in [0, 0.05) is 18.7 Å². The van der Waals surface area contributed by atoms with Crippen molar-refractivity contribution in [1.29, 1.82) is 0 Å². The van der Waals surface area contributed by atoms with E-state index in [-0.39, 0.29) is 28.8 Å². The third-order valence-electron chi connectivity index (χ3n) is 2.82. The standard InChI is InChI=1S/C12H19N3O5S/c1-9(7-13-2)8-14-21(18,19)12-6-10(15(16)17)4-5-11(12)20-3/h4-6,9,13-14H,7-8H2,1-3H3. The number of non-ortho nitro benzene ring substituents is 1. The SMILES string of the molecule is CNCC(C)CNS(=O)(=O)c1cc([N+](=O)[O-])ccc1OC. The smallest absolute Gasteiger partial charge is 0.271 e. The molecule has 0 aliphatic heterocycles. The number of benzene rings is 1. The van der Waals surface area contributed by atoms with Crippen LogP contribution in [0, 0.1) is 16.0 Å². The van der Waals surface area contributed by atoms with E-state index in [1.165, 1.54) is 19.2 Å². The van der Waals surface area contributed by atoms with Gasteiger partial charge in [-0.2, -0.15) is 0 Å². The van der Waals surface area contributed by atoms with Crippen molar-refractivity contribution in [3.05, 3.63) is 28.3 Å². The predicted molar refractivity (Wildman–Crippen MR) is 77.9 cm³/mol. The second kappa shape index (κ2) is 7.34. The molecule has 2 N–H and O–H groups in total. The normalized spacial score (nSPS) is 12.9. The molecule has 0 aliphatic carbocycles. The van der Waals surface area contributed by atoms with Crippen LogP contribution in [0.1, 0.15) is 6.92 Å². The highest BCUT2D eigenvalue weighted by atomic mass is 32.2. The maximum absolute atomic E-state index is 12.3. The Balaban J connectivity index is 3.05. The first-order valence-electron chi connectivity index (χ1n) is 6.28. The van der Waals surface area contributed by atoms with Gasteiger partial charge in [0.25, 0.3) is 5.69 Å². The van der Waals surface area contributed by atoms with Gasteiger partial charge < -0.3 is 10.1 Å². The number of methoxy groups -OCH3 is 1. The Morgan fingerprint density at radius 1 is 1.38 bits per heavy atom. The molecule has 8 nitrogen and oxygen atoms in total. The van der Waals surface area contributed by atoms with Gasteiger partial charge in [-0.15, -0.1) is 0 Å². The van der Waals surface area contributed by atoms with Crippen LogP contribution in [-0.2, 0) is 10.0 Å². The molecule has 0 saturated heterocycles. The number of nitro benzene ring substituents is 1.